The highest BCUT2D eigenvalue weighted by Gasteiger charge is 2.40. The average Bonchev–Trinajstić information content (AvgIpc) is 3.34. The summed E-state index contributed by atoms with van der Waals surface area (Å²) in [4.78, 5) is 0. The molecular weight excluding hydrogens is 424 g/mol. The third-order valence-corrected chi connectivity index (χ3v) is 6.55. The average molecular weight is 457 g/mol. The zero-order valence-corrected chi connectivity index (χ0v) is 19.9. The summed E-state index contributed by atoms with van der Waals surface area (Å²) < 4.78 is 17.7. The lowest BCUT2D eigenvalue weighted by Gasteiger charge is -2.38. The smallest absolute Gasteiger partial charge is 0.213 e. The van der Waals surface area contributed by atoms with E-state index in [0.29, 0.717) is 0 Å². The summed E-state index contributed by atoms with van der Waals surface area (Å²) in [6.07, 6.45) is 5.36. The van der Waals surface area contributed by atoms with E-state index in [2.05, 4.69) is 54.4 Å². The Kier molecular flexibility index (Phi) is 6.70. The van der Waals surface area contributed by atoms with Crippen LogP contribution in [-0.4, -0.2) is 24.4 Å². The molecule has 0 aliphatic carbocycles. The van der Waals surface area contributed by atoms with Gasteiger partial charge in [0.1, 0.15) is 17.2 Å². The van der Waals surface area contributed by atoms with Crippen molar-refractivity contribution in [3.63, 3.8) is 0 Å². The van der Waals surface area contributed by atoms with Crippen molar-refractivity contribution in [1.82, 2.24) is 5.01 Å². The lowest BCUT2D eigenvalue weighted by molar-refractivity contribution is -0.0190. The second-order valence-electron chi connectivity index (χ2n) is 8.86. The normalized spacial score (nSPS) is 18.5. The highest BCUT2D eigenvalue weighted by atomic mass is 16.5. The molecule has 0 spiro atoms. The summed E-state index contributed by atoms with van der Waals surface area (Å²) in [6.45, 7) is 2.98. The van der Waals surface area contributed by atoms with E-state index >= 15 is 0 Å². The van der Waals surface area contributed by atoms with Gasteiger partial charge in [0, 0.05) is 17.5 Å². The molecule has 5 heteroatoms. The molecule has 0 N–H and O–H groups in total. The number of unbranched alkanes of at least 4 members (excludes halogenated alkanes) is 3. The number of hydrogen-bond donors (Lipinski definition) is 0. The topological polar surface area (TPSA) is 43.3 Å². The van der Waals surface area contributed by atoms with Gasteiger partial charge in [-0.25, -0.2) is 5.01 Å². The van der Waals surface area contributed by atoms with Gasteiger partial charge in [-0.2, -0.15) is 5.10 Å². The first-order valence-electron chi connectivity index (χ1n) is 12.3. The number of fused-ring (bicyclic) bond motifs is 3. The quantitative estimate of drug-likeness (QED) is 0.329. The van der Waals surface area contributed by atoms with E-state index in [9.17, 15) is 0 Å². The third kappa shape index (κ3) is 4.60. The molecule has 34 heavy (non-hydrogen) atoms. The van der Waals surface area contributed by atoms with Crippen LogP contribution in [-0.2, 0) is 0 Å². The van der Waals surface area contributed by atoms with Crippen LogP contribution in [0.15, 0.2) is 77.9 Å². The van der Waals surface area contributed by atoms with Crippen LogP contribution < -0.4 is 14.2 Å². The van der Waals surface area contributed by atoms with Crippen molar-refractivity contribution >= 4 is 5.71 Å². The number of hydrazone groups is 1. The van der Waals surface area contributed by atoms with Gasteiger partial charge in [0.2, 0.25) is 6.23 Å². The maximum atomic E-state index is 6.48. The largest absolute Gasteiger partial charge is 0.497 e. The van der Waals surface area contributed by atoms with Gasteiger partial charge in [-0.3, -0.25) is 0 Å². The summed E-state index contributed by atoms with van der Waals surface area (Å²) in [5, 5.41) is 7.16. The molecule has 2 aliphatic heterocycles. The minimum absolute atomic E-state index is 0.140. The Morgan fingerprint density at radius 2 is 1.68 bits per heavy atom. The summed E-state index contributed by atoms with van der Waals surface area (Å²) in [5.74, 6) is 2.67. The van der Waals surface area contributed by atoms with E-state index in [4.69, 9.17) is 19.3 Å². The van der Waals surface area contributed by atoms with Crippen LogP contribution in [0.3, 0.4) is 0 Å². The number of para-hydroxylation sites is 1. The van der Waals surface area contributed by atoms with Crippen LogP contribution >= 0.6 is 0 Å². The van der Waals surface area contributed by atoms with Gasteiger partial charge >= 0.3 is 0 Å². The summed E-state index contributed by atoms with van der Waals surface area (Å²) in [7, 11) is 1.68. The summed E-state index contributed by atoms with van der Waals surface area (Å²) >= 11 is 0. The molecule has 0 aromatic heterocycles. The molecule has 0 fully saturated rings. The lowest BCUT2D eigenvalue weighted by atomic mass is 9.96. The zero-order valence-electron chi connectivity index (χ0n) is 19.9. The monoisotopic (exact) mass is 456 g/mol. The summed E-state index contributed by atoms with van der Waals surface area (Å²) in [5.41, 5.74) is 4.42. The lowest BCUT2D eigenvalue weighted by Crippen LogP contribution is -2.33. The first-order chi connectivity index (χ1) is 16.8. The van der Waals surface area contributed by atoms with Gasteiger partial charge in [0.25, 0.3) is 0 Å². The molecule has 5 nitrogen and oxygen atoms in total. The number of hydrogen-bond acceptors (Lipinski definition) is 5. The fourth-order valence-electron chi connectivity index (χ4n) is 4.66. The highest BCUT2D eigenvalue weighted by molar-refractivity contribution is 6.02. The first kappa shape index (κ1) is 22.3. The predicted octanol–water partition coefficient (Wildman–Crippen LogP) is 6.90. The molecule has 3 aromatic carbocycles. The van der Waals surface area contributed by atoms with Crippen molar-refractivity contribution in [2.75, 3.05) is 13.7 Å². The van der Waals surface area contributed by atoms with Crippen LogP contribution in [0.5, 0.6) is 17.2 Å². The second-order valence-corrected chi connectivity index (χ2v) is 8.86. The predicted molar refractivity (Wildman–Crippen MR) is 135 cm³/mol. The van der Waals surface area contributed by atoms with Crippen molar-refractivity contribution < 1.29 is 14.2 Å². The van der Waals surface area contributed by atoms with Crippen LogP contribution in [0.2, 0.25) is 0 Å². The van der Waals surface area contributed by atoms with Crippen molar-refractivity contribution in [3.8, 4) is 17.2 Å². The van der Waals surface area contributed by atoms with E-state index < -0.39 is 0 Å². The molecule has 0 saturated heterocycles. The van der Waals surface area contributed by atoms with Gasteiger partial charge in [0.15, 0.2) is 0 Å². The fraction of sp³-hybridized carbons (Fsp3) is 0.345. The van der Waals surface area contributed by atoms with Crippen molar-refractivity contribution in [1.29, 1.82) is 0 Å². The van der Waals surface area contributed by atoms with Crippen LogP contribution in [0.25, 0.3) is 0 Å². The highest BCUT2D eigenvalue weighted by Crippen LogP contribution is 2.47. The van der Waals surface area contributed by atoms with Gasteiger partial charge in [-0.05, 0) is 66.6 Å². The Bertz CT molecular complexity index is 1120. The number of rotatable bonds is 9. The van der Waals surface area contributed by atoms with Crippen molar-refractivity contribution in [2.45, 2.75) is 51.3 Å². The molecule has 0 amide bonds. The van der Waals surface area contributed by atoms with Crippen LogP contribution in [0.4, 0.5) is 0 Å². The molecule has 0 bridgehead atoms. The molecule has 5 rings (SSSR count). The zero-order chi connectivity index (χ0) is 23.3. The Hall–Kier alpha value is -3.47. The van der Waals surface area contributed by atoms with Gasteiger partial charge < -0.3 is 14.2 Å². The molecule has 0 unspecified atom stereocenters. The molecule has 2 heterocycles. The van der Waals surface area contributed by atoms with Crippen molar-refractivity contribution in [2.24, 2.45) is 5.10 Å². The summed E-state index contributed by atoms with van der Waals surface area (Å²) in [6, 6.07) is 24.8. The van der Waals surface area contributed by atoms with E-state index in [0.717, 1.165) is 53.5 Å². The number of ether oxygens (including phenoxy) is 3. The number of methoxy groups -OCH3 is 1. The number of nitrogens with zero attached hydrogens (tertiary/aromatic N) is 2. The van der Waals surface area contributed by atoms with Crippen LogP contribution in [0, 0.1) is 0 Å². The molecule has 176 valence electrons. The molecule has 0 saturated carbocycles. The van der Waals surface area contributed by atoms with Gasteiger partial charge in [0.05, 0.1) is 25.5 Å². The number of benzene rings is 3. The maximum Gasteiger partial charge on any atom is 0.213 e. The minimum Gasteiger partial charge on any atom is -0.497 e. The van der Waals surface area contributed by atoms with Gasteiger partial charge in [-0.1, -0.05) is 44.4 Å². The fourth-order valence-corrected chi connectivity index (χ4v) is 4.66. The minimum atomic E-state index is -0.283. The van der Waals surface area contributed by atoms with E-state index in [1.807, 2.05) is 30.3 Å². The molecule has 3 aromatic rings. The standard InChI is InChI=1S/C29H32N2O3/c1-3-4-5-8-19-33-24-17-13-22(14-18-24)29-31-27(25-9-6-7-10-28(25)34-29)20-26(30-31)21-11-15-23(32-2)16-12-21/h6-7,9-18,27,29H,3-5,8,19-20H2,1-2H3/t27-,29-/m1/s1. The maximum absolute atomic E-state index is 6.48. The SMILES string of the molecule is CCCCCCOc1ccc([C@H]2Oc3ccccc3[C@H]3CC(c4ccc(OC)cc4)=NN32)cc1. The Morgan fingerprint density at radius 3 is 2.44 bits per heavy atom. The molecule has 2 aliphatic rings. The second kappa shape index (κ2) is 10.2. The van der Waals surface area contributed by atoms with Crippen molar-refractivity contribution in [3.05, 3.63) is 89.5 Å². The third-order valence-electron chi connectivity index (χ3n) is 6.55. The Balaban J connectivity index is 1.37. The first-order valence-corrected chi connectivity index (χ1v) is 12.3. The molecule has 2 atom stereocenters. The molecule has 0 radical (unpaired) electrons. The molecular formula is C29H32N2O3. The van der Waals surface area contributed by atoms with Crippen LogP contribution in [0.1, 0.15) is 68.0 Å². The van der Waals surface area contributed by atoms with E-state index in [1.165, 1.54) is 24.8 Å². The Morgan fingerprint density at radius 1 is 0.912 bits per heavy atom. The Labute approximate surface area is 202 Å². The van der Waals surface area contributed by atoms with E-state index in [-0.39, 0.29) is 12.3 Å². The van der Waals surface area contributed by atoms with Gasteiger partial charge in [-0.15, -0.1) is 0 Å². The van der Waals surface area contributed by atoms with E-state index in [1.54, 1.807) is 7.11 Å².